The van der Waals surface area contributed by atoms with Crippen molar-refractivity contribution in [3.05, 3.63) is 67.6 Å². The minimum absolute atomic E-state index is 0.156. The number of carbonyl (C=O) groups is 3. The second kappa shape index (κ2) is 9.85. The van der Waals surface area contributed by atoms with Crippen molar-refractivity contribution >= 4 is 63.8 Å². The topological polar surface area (TPSA) is 51.2 Å². The van der Waals surface area contributed by atoms with Crippen molar-refractivity contribution in [2.45, 2.75) is 41.5 Å². The summed E-state index contributed by atoms with van der Waals surface area (Å²) in [5.41, 5.74) is -1.17. The maximum Gasteiger partial charge on any atom is 0.175 e. The Morgan fingerprint density at radius 2 is 0.938 bits per heavy atom. The first-order valence-electron chi connectivity index (χ1n) is 10.1. The first-order chi connectivity index (χ1) is 14.6. The summed E-state index contributed by atoms with van der Waals surface area (Å²) in [5.74, 6) is -3.60. The van der Waals surface area contributed by atoms with Crippen LogP contribution in [-0.2, 0) is 4.79 Å². The van der Waals surface area contributed by atoms with Crippen molar-refractivity contribution in [1.82, 2.24) is 0 Å². The van der Waals surface area contributed by atoms with Gasteiger partial charge in [0.2, 0.25) is 0 Å². The van der Waals surface area contributed by atoms with E-state index in [0.29, 0.717) is 10.0 Å². The van der Waals surface area contributed by atoms with Gasteiger partial charge in [-0.25, -0.2) is 0 Å². The van der Waals surface area contributed by atoms with E-state index in [2.05, 4.69) is 0 Å². The number of carbonyl (C=O) groups excluding carboxylic acids is 3. The molecule has 0 saturated carbocycles. The molecule has 0 aliphatic heterocycles. The SMILES string of the molecule is CC(C)(C)C(C(=O)c1ccc(Cl)cc1Cl)C(=O)C(C(=O)c1ccc(Cl)cc1Cl)C(C)(C)C. The van der Waals surface area contributed by atoms with E-state index in [0.717, 1.165) is 0 Å². The van der Waals surface area contributed by atoms with E-state index >= 15 is 0 Å². The molecule has 2 unspecified atom stereocenters. The molecule has 0 spiro atoms. The molecule has 172 valence electrons. The lowest BCUT2D eigenvalue weighted by atomic mass is 9.64. The summed E-state index contributed by atoms with van der Waals surface area (Å²) >= 11 is 24.5. The fourth-order valence-electron chi connectivity index (χ4n) is 3.75. The number of halogens is 4. The monoisotopic (exact) mass is 514 g/mol. The summed E-state index contributed by atoms with van der Waals surface area (Å²) in [6.45, 7) is 10.7. The normalized spacial score (nSPS) is 14.1. The van der Waals surface area contributed by atoms with Crippen LogP contribution in [0.5, 0.6) is 0 Å². The summed E-state index contributed by atoms with van der Waals surface area (Å²) in [6.07, 6.45) is 0. The first kappa shape index (κ1) is 26.9. The number of Topliss-reactive ketones (excluding diaryl/α,β-unsaturated/α-hetero) is 3. The fraction of sp³-hybridized carbons (Fsp3) is 0.400. The standard InChI is InChI=1S/C25H26Cl4O3/c1-24(2,3)19(21(30)15-9-7-13(26)11-17(15)28)23(32)20(25(4,5)6)22(31)16-10-8-14(27)12-18(16)29/h7-12,19-20H,1-6H3. The molecule has 0 N–H and O–H groups in total. The lowest BCUT2D eigenvalue weighted by molar-refractivity contribution is -0.129. The van der Waals surface area contributed by atoms with Crippen LogP contribution in [0.2, 0.25) is 20.1 Å². The largest absolute Gasteiger partial charge is 0.298 e. The molecule has 0 aliphatic carbocycles. The van der Waals surface area contributed by atoms with Gasteiger partial charge in [-0.3, -0.25) is 14.4 Å². The second-order valence-electron chi connectivity index (χ2n) is 9.98. The summed E-state index contributed by atoms with van der Waals surface area (Å²) in [4.78, 5) is 41.1. The van der Waals surface area contributed by atoms with Gasteiger partial charge in [0.25, 0.3) is 0 Å². The number of rotatable bonds is 6. The van der Waals surface area contributed by atoms with Crippen LogP contribution in [-0.4, -0.2) is 17.3 Å². The van der Waals surface area contributed by atoms with Gasteiger partial charge >= 0.3 is 0 Å². The Bertz CT molecular complexity index is 978. The number of hydrogen-bond acceptors (Lipinski definition) is 3. The fourth-order valence-corrected chi connectivity index (χ4v) is 4.76. The molecule has 0 aliphatic rings. The predicted molar refractivity (Wildman–Crippen MR) is 132 cm³/mol. The van der Waals surface area contributed by atoms with Gasteiger partial charge in [0, 0.05) is 21.2 Å². The van der Waals surface area contributed by atoms with Crippen molar-refractivity contribution in [2.75, 3.05) is 0 Å². The maximum atomic E-state index is 13.9. The zero-order chi connectivity index (χ0) is 24.6. The third kappa shape index (κ3) is 5.94. The Morgan fingerprint density at radius 1 is 0.625 bits per heavy atom. The van der Waals surface area contributed by atoms with E-state index < -0.39 is 40.0 Å². The molecular weight excluding hydrogens is 490 g/mol. The number of benzene rings is 2. The molecule has 0 heterocycles. The summed E-state index contributed by atoms with van der Waals surface area (Å²) in [5, 5.41) is 1.07. The van der Waals surface area contributed by atoms with Crippen LogP contribution in [0, 0.1) is 22.7 Å². The second-order valence-corrected chi connectivity index (χ2v) is 11.7. The van der Waals surface area contributed by atoms with E-state index in [1.807, 2.05) is 0 Å². The van der Waals surface area contributed by atoms with Gasteiger partial charge in [-0.2, -0.15) is 0 Å². The molecule has 0 amide bonds. The van der Waals surface area contributed by atoms with E-state index in [4.69, 9.17) is 46.4 Å². The van der Waals surface area contributed by atoms with E-state index in [-0.39, 0.29) is 21.2 Å². The van der Waals surface area contributed by atoms with Crippen LogP contribution in [0.15, 0.2) is 36.4 Å². The quantitative estimate of drug-likeness (QED) is 0.287. The lowest BCUT2D eigenvalue weighted by Crippen LogP contribution is -2.46. The van der Waals surface area contributed by atoms with Gasteiger partial charge in [0.15, 0.2) is 17.3 Å². The van der Waals surface area contributed by atoms with E-state index in [1.165, 1.54) is 24.3 Å². The molecule has 32 heavy (non-hydrogen) atoms. The average Bonchev–Trinajstić information content (AvgIpc) is 2.59. The third-order valence-electron chi connectivity index (χ3n) is 5.22. The van der Waals surface area contributed by atoms with Crippen molar-refractivity contribution in [3.8, 4) is 0 Å². The third-order valence-corrected chi connectivity index (χ3v) is 6.31. The van der Waals surface area contributed by atoms with Gasteiger partial charge in [0.1, 0.15) is 0 Å². The van der Waals surface area contributed by atoms with Gasteiger partial charge in [-0.1, -0.05) is 87.9 Å². The van der Waals surface area contributed by atoms with Crippen molar-refractivity contribution in [1.29, 1.82) is 0 Å². The highest BCUT2D eigenvalue weighted by molar-refractivity contribution is 6.38. The van der Waals surface area contributed by atoms with Gasteiger partial charge in [-0.05, 0) is 47.2 Å². The molecule has 0 aromatic heterocycles. The number of hydrogen-bond donors (Lipinski definition) is 0. The van der Waals surface area contributed by atoms with Crippen LogP contribution in [0.1, 0.15) is 62.3 Å². The average molecular weight is 516 g/mol. The molecule has 0 bridgehead atoms. The van der Waals surface area contributed by atoms with E-state index in [9.17, 15) is 14.4 Å². The molecule has 2 aromatic rings. The summed E-state index contributed by atoms with van der Waals surface area (Å²) < 4.78 is 0. The van der Waals surface area contributed by atoms with Gasteiger partial charge in [-0.15, -0.1) is 0 Å². The molecule has 2 aromatic carbocycles. The van der Waals surface area contributed by atoms with Crippen molar-refractivity contribution < 1.29 is 14.4 Å². The lowest BCUT2D eigenvalue weighted by Gasteiger charge is -2.36. The zero-order valence-electron chi connectivity index (χ0n) is 18.9. The van der Waals surface area contributed by atoms with E-state index in [1.54, 1.807) is 53.7 Å². The van der Waals surface area contributed by atoms with Crippen LogP contribution in [0.4, 0.5) is 0 Å². The smallest absolute Gasteiger partial charge is 0.175 e. The number of ketones is 3. The Kier molecular flexibility index (Phi) is 8.27. The van der Waals surface area contributed by atoms with Crippen LogP contribution in [0.25, 0.3) is 0 Å². The Labute approximate surface area is 209 Å². The molecule has 0 fully saturated rings. The van der Waals surface area contributed by atoms with Gasteiger partial charge < -0.3 is 0 Å². The molecule has 7 heteroatoms. The molecule has 0 saturated heterocycles. The Hall–Kier alpha value is -1.39. The molecule has 0 radical (unpaired) electrons. The zero-order valence-corrected chi connectivity index (χ0v) is 21.9. The van der Waals surface area contributed by atoms with Crippen LogP contribution < -0.4 is 0 Å². The Balaban J connectivity index is 2.62. The molecular formula is C25H26Cl4O3. The summed E-state index contributed by atoms with van der Waals surface area (Å²) in [7, 11) is 0. The van der Waals surface area contributed by atoms with Crippen LogP contribution in [0.3, 0.4) is 0 Å². The highest BCUT2D eigenvalue weighted by Crippen LogP contribution is 2.40. The highest BCUT2D eigenvalue weighted by Gasteiger charge is 2.47. The molecule has 2 atom stereocenters. The predicted octanol–water partition coefficient (Wildman–Crippen LogP) is 8.26. The molecule has 2 rings (SSSR count). The molecule has 3 nitrogen and oxygen atoms in total. The first-order valence-corrected chi connectivity index (χ1v) is 11.6. The van der Waals surface area contributed by atoms with Crippen LogP contribution >= 0.6 is 46.4 Å². The summed E-state index contributed by atoms with van der Waals surface area (Å²) in [6, 6.07) is 9.02. The highest BCUT2D eigenvalue weighted by atomic mass is 35.5. The van der Waals surface area contributed by atoms with Crippen molar-refractivity contribution in [2.24, 2.45) is 22.7 Å². The Morgan fingerprint density at radius 3 is 1.19 bits per heavy atom. The minimum atomic E-state index is -1.11. The minimum Gasteiger partial charge on any atom is -0.298 e. The van der Waals surface area contributed by atoms with Crippen molar-refractivity contribution in [3.63, 3.8) is 0 Å². The maximum absolute atomic E-state index is 13.9. The van der Waals surface area contributed by atoms with Gasteiger partial charge in [0.05, 0.1) is 21.9 Å².